The molecule has 0 aromatic rings. The summed E-state index contributed by atoms with van der Waals surface area (Å²) < 4.78 is 0. The van der Waals surface area contributed by atoms with Crippen molar-refractivity contribution in [3.63, 3.8) is 0 Å². The van der Waals surface area contributed by atoms with E-state index >= 15 is 0 Å². The van der Waals surface area contributed by atoms with Crippen LogP contribution in [-0.2, 0) is 0 Å². The molecule has 0 aromatic carbocycles. The topological polar surface area (TPSA) is 24.4 Å². The van der Waals surface area contributed by atoms with Crippen molar-refractivity contribution in [1.82, 2.24) is 5.32 Å². The smallest absolute Gasteiger partial charge is 0.0965 e. The van der Waals surface area contributed by atoms with Crippen LogP contribution in [0.25, 0.3) is 0 Å². The van der Waals surface area contributed by atoms with Gasteiger partial charge in [-0.2, -0.15) is 0 Å². The largest absolute Gasteiger partial charge is 0.371 e. The maximum Gasteiger partial charge on any atom is 0.0965 e. The summed E-state index contributed by atoms with van der Waals surface area (Å²) in [5.74, 6) is 2.17. The normalized spacial score (nSPS) is 26.1. The third kappa shape index (κ3) is 2.23. The van der Waals surface area contributed by atoms with Crippen LogP contribution >= 0.6 is 0 Å². The Bertz CT molecular complexity index is 192. The Morgan fingerprint density at radius 3 is 2.69 bits per heavy atom. The predicted octanol–water partition coefficient (Wildman–Crippen LogP) is 2.35. The summed E-state index contributed by atoms with van der Waals surface area (Å²) in [4.78, 5) is 4.45. The SMILES string of the molecule is C[C@H](NC1=NCCC1)C1CCCC1. The van der Waals surface area contributed by atoms with Crippen LogP contribution in [-0.4, -0.2) is 18.4 Å². The van der Waals surface area contributed by atoms with E-state index in [-0.39, 0.29) is 0 Å². The fraction of sp³-hybridized carbons (Fsp3) is 0.909. The molecule has 74 valence electrons. The maximum absolute atomic E-state index is 4.45. The van der Waals surface area contributed by atoms with Gasteiger partial charge in [0.15, 0.2) is 0 Å². The van der Waals surface area contributed by atoms with Gasteiger partial charge in [-0.3, -0.25) is 4.99 Å². The zero-order valence-electron chi connectivity index (χ0n) is 8.55. The molecule has 0 spiro atoms. The van der Waals surface area contributed by atoms with Crippen LogP contribution in [0.4, 0.5) is 0 Å². The van der Waals surface area contributed by atoms with Gasteiger partial charge in [0, 0.05) is 19.0 Å². The van der Waals surface area contributed by atoms with Gasteiger partial charge < -0.3 is 5.32 Å². The number of aliphatic imine (C=N–C) groups is 1. The van der Waals surface area contributed by atoms with Crippen molar-refractivity contribution in [2.45, 2.75) is 51.5 Å². The molecule has 0 amide bonds. The van der Waals surface area contributed by atoms with E-state index in [2.05, 4.69) is 17.2 Å². The lowest BCUT2D eigenvalue weighted by atomic mass is 10.00. The van der Waals surface area contributed by atoms with E-state index in [1.54, 1.807) is 0 Å². The van der Waals surface area contributed by atoms with Crippen LogP contribution in [0.1, 0.15) is 45.4 Å². The van der Waals surface area contributed by atoms with Gasteiger partial charge in [0.2, 0.25) is 0 Å². The van der Waals surface area contributed by atoms with Gasteiger partial charge in [-0.1, -0.05) is 12.8 Å². The molecule has 0 unspecified atom stereocenters. The van der Waals surface area contributed by atoms with Crippen molar-refractivity contribution in [3.8, 4) is 0 Å². The molecule has 0 radical (unpaired) electrons. The molecule has 0 saturated heterocycles. The molecule has 1 N–H and O–H groups in total. The first-order valence-corrected chi connectivity index (χ1v) is 5.66. The maximum atomic E-state index is 4.45. The van der Waals surface area contributed by atoms with Crippen molar-refractivity contribution in [3.05, 3.63) is 0 Å². The van der Waals surface area contributed by atoms with E-state index < -0.39 is 0 Å². The molecule has 2 rings (SSSR count). The molecule has 2 aliphatic rings. The van der Waals surface area contributed by atoms with Crippen molar-refractivity contribution in [1.29, 1.82) is 0 Å². The molecule has 1 atom stereocenters. The Labute approximate surface area is 80.8 Å². The van der Waals surface area contributed by atoms with Crippen LogP contribution in [0.2, 0.25) is 0 Å². The first-order chi connectivity index (χ1) is 6.36. The Kier molecular flexibility index (Phi) is 2.87. The zero-order valence-corrected chi connectivity index (χ0v) is 8.55. The molecule has 13 heavy (non-hydrogen) atoms. The minimum absolute atomic E-state index is 0.652. The average Bonchev–Trinajstić information content (AvgIpc) is 2.74. The van der Waals surface area contributed by atoms with Crippen molar-refractivity contribution in [2.24, 2.45) is 10.9 Å². The van der Waals surface area contributed by atoms with Crippen LogP contribution in [0, 0.1) is 5.92 Å². The van der Waals surface area contributed by atoms with Crippen LogP contribution in [0.15, 0.2) is 4.99 Å². The van der Waals surface area contributed by atoms with Gasteiger partial charge in [-0.15, -0.1) is 0 Å². The van der Waals surface area contributed by atoms with Gasteiger partial charge in [-0.25, -0.2) is 0 Å². The summed E-state index contributed by atoms with van der Waals surface area (Å²) in [6.45, 7) is 3.36. The summed E-state index contributed by atoms with van der Waals surface area (Å²) in [5.41, 5.74) is 0. The number of hydrogen-bond acceptors (Lipinski definition) is 2. The molecule has 1 heterocycles. The molecule has 0 aromatic heterocycles. The van der Waals surface area contributed by atoms with Crippen molar-refractivity contribution < 1.29 is 0 Å². The van der Waals surface area contributed by atoms with Gasteiger partial charge in [-0.05, 0) is 32.1 Å². The van der Waals surface area contributed by atoms with Gasteiger partial charge in [0.05, 0.1) is 5.84 Å². The third-order valence-electron chi connectivity index (χ3n) is 3.38. The number of hydrogen-bond donors (Lipinski definition) is 1. The minimum atomic E-state index is 0.652. The van der Waals surface area contributed by atoms with Crippen LogP contribution < -0.4 is 5.32 Å². The lowest BCUT2D eigenvalue weighted by Gasteiger charge is -2.21. The van der Waals surface area contributed by atoms with Crippen molar-refractivity contribution >= 4 is 5.84 Å². The molecule has 0 bridgehead atoms. The highest BCUT2D eigenvalue weighted by Gasteiger charge is 2.22. The van der Waals surface area contributed by atoms with Crippen LogP contribution in [0.3, 0.4) is 0 Å². The third-order valence-corrected chi connectivity index (χ3v) is 3.38. The second-order valence-corrected chi connectivity index (χ2v) is 4.41. The zero-order chi connectivity index (χ0) is 9.10. The van der Waals surface area contributed by atoms with E-state index in [1.807, 2.05) is 0 Å². The molecule has 1 aliphatic heterocycles. The summed E-state index contributed by atoms with van der Waals surface area (Å²) in [6, 6.07) is 0.652. The minimum Gasteiger partial charge on any atom is -0.371 e. The summed E-state index contributed by atoms with van der Waals surface area (Å²) in [6.07, 6.45) is 8.13. The first-order valence-electron chi connectivity index (χ1n) is 5.66. The second-order valence-electron chi connectivity index (χ2n) is 4.41. The first kappa shape index (κ1) is 9.04. The lowest BCUT2D eigenvalue weighted by Crippen LogP contribution is -2.36. The molecule has 1 fully saturated rings. The number of amidine groups is 1. The molecule has 1 aliphatic carbocycles. The highest BCUT2D eigenvalue weighted by molar-refractivity contribution is 5.83. The lowest BCUT2D eigenvalue weighted by molar-refractivity contribution is 0.425. The molecule has 2 heteroatoms. The van der Waals surface area contributed by atoms with Gasteiger partial charge in [0.25, 0.3) is 0 Å². The molecule has 1 saturated carbocycles. The van der Waals surface area contributed by atoms with E-state index in [0.29, 0.717) is 6.04 Å². The highest BCUT2D eigenvalue weighted by atomic mass is 15.0. The summed E-state index contributed by atoms with van der Waals surface area (Å²) in [7, 11) is 0. The highest BCUT2D eigenvalue weighted by Crippen LogP contribution is 2.27. The van der Waals surface area contributed by atoms with E-state index in [9.17, 15) is 0 Å². The fourth-order valence-electron chi connectivity index (χ4n) is 2.50. The Morgan fingerprint density at radius 1 is 1.31 bits per heavy atom. The quantitative estimate of drug-likeness (QED) is 0.693. The predicted molar refractivity (Wildman–Crippen MR) is 56.1 cm³/mol. The molecular formula is C11H20N2. The molecule has 2 nitrogen and oxygen atoms in total. The number of nitrogens with one attached hydrogen (secondary N) is 1. The Balaban J connectivity index is 1.79. The monoisotopic (exact) mass is 180 g/mol. The summed E-state index contributed by atoms with van der Waals surface area (Å²) >= 11 is 0. The Hall–Kier alpha value is -0.530. The van der Waals surface area contributed by atoms with Gasteiger partial charge in [0.1, 0.15) is 0 Å². The van der Waals surface area contributed by atoms with Crippen molar-refractivity contribution in [2.75, 3.05) is 6.54 Å². The average molecular weight is 180 g/mol. The van der Waals surface area contributed by atoms with Gasteiger partial charge >= 0.3 is 0 Å². The van der Waals surface area contributed by atoms with E-state index in [0.717, 1.165) is 12.5 Å². The van der Waals surface area contributed by atoms with E-state index in [1.165, 1.54) is 44.4 Å². The van der Waals surface area contributed by atoms with E-state index in [4.69, 9.17) is 0 Å². The number of nitrogens with zero attached hydrogens (tertiary/aromatic N) is 1. The molecular weight excluding hydrogens is 160 g/mol. The Morgan fingerprint density at radius 2 is 2.08 bits per heavy atom. The van der Waals surface area contributed by atoms with Crippen LogP contribution in [0.5, 0.6) is 0 Å². The number of rotatable bonds is 2. The fourth-order valence-corrected chi connectivity index (χ4v) is 2.50. The second kappa shape index (κ2) is 4.12. The summed E-state index contributed by atoms with van der Waals surface area (Å²) in [5, 5.41) is 3.57. The standard InChI is InChI=1S/C11H20N2/c1-9(10-5-2-3-6-10)13-11-7-4-8-12-11/h9-10H,2-8H2,1H3,(H,12,13)/t9-/m0/s1.